The maximum Gasteiger partial charge on any atom is 0.307 e. The maximum absolute atomic E-state index is 10.5. The Morgan fingerprint density at radius 2 is 2.14 bits per heavy atom. The number of carbonyl (C=O) groups is 1. The van der Waals surface area contributed by atoms with Crippen molar-refractivity contribution in [1.82, 2.24) is 0 Å². The standard InChI is InChI=1S/C9H5Br2NO2/c10-7-1-5(3-8(13)14)9(11)6(2-7)4-12/h1-2H,3H2,(H,13,14). The predicted octanol–water partition coefficient (Wildman–Crippen LogP) is 2.71. The second-order valence-electron chi connectivity index (χ2n) is 2.61. The van der Waals surface area contributed by atoms with Gasteiger partial charge in [0.15, 0.2) is 0 Å². The SMILES string of the molecule is N#Cc1cc(Br)cc(CC(=O)O)c1Br. The van der Waals surface area contributed by atoms with Crippen molar-refractivity contribution in [3.63, 3.8) is 0 Å². The molecule has 5 heteroatoms. The molecule has 1 aromatic carbocycles. The molecule has 0 atom stereocenters. The van der Waals surface area contributed by atoms with Crippen LogP contribution in [0.3, 0.4) is 0 Å². The molecule has 3 nitrogen and oxygen atoms in total. The highest BCUT2D eigenvalue weighted by Gasteiger charge is 2.10. The van der Waals surface area contributed by atoms with Crippen LogP contribution in [0, 0.1) is 11.3 Å². The summed E-state index contributed by atoms with van der Waals surface area (Å²) >= 11 is 6.41. The zero-order valence-electron chi connectivity index (χ0n) is 6.92. The molecule has 1 aromatic rings. The number of carboxylic acids is 1. The van der Waals surface area contributed by atoms with E-state index in [-0.39, 0.29) is 6.42 Å². The molecule has 0 spiro atoms. The Hall–Kier alpha value is -0.860. The van der Waals surface area contributed by atoms with Gasteiger partial charge in [-0.15, -0.1) is 0 Å². The molecule has 1 N–H and O–H groups in total. The van der Waals surface area contributed by atoms with E-state index in [2.05, 4.69) is 31.9 Å². The number of hydrogen-bond donors (Lipinski definition) is 1. The zero-order valence-corrected chi connectivity index (χ0v) is 10.1. The Kier molecular flexibility index (Phi) is 3.67. The van der Waals surface area contributed by atoms with E-state index in [1.165, 1.54) is 0 Å². The topological polar surface area (TPSA) is 61.1 Å². The maximum atomic E-state index is 10.5. The van der Waals surface area contributed by atoms with Crippen LogP contribution < -0.4 is 0 Å². The lowest BCUT2D eigenvalue weighted by Gasteiger charge is -2.04. The Labute approximate surface area is 97.6 Å². The summed E-state index contributed by atoms with van der Waals surface area (Å²) in [6.45, 7) is 0. The van der Waals surface area contributed by atoms with Crippen LogP contribution in [-0.2, 0) is 11.2 Å². The second-order valence-corrected chi connectivity index (χ2v) is 4.32. The van der Waals surface area contributed by atoms with Crippen LogP contribution in [0.1, 0.15) is 11.1 Å². The Bertz CT molecular complexity index is 424. The van der Waals surface area contributed by atoms with E-state index >= 15 is 0 Å². The van der Waals surface area contributed by atoms with Gasteiger partial charge >= 0.3 is 5.97 Å². The van der Waals surface area contributed by atoms with Crippen molar-refractivity contribution in [1.29, 1.82) is 5.26 Å². The molecule has 0 heterocycles. The molecule has 0 bridgehead atoms. The highest BCUT2D eigenvalue weighted by atomic mass is 79.9. The summed E-state index contributed by atoms with van der Waals surface area (Å²) < 4.78 is 1.25. The average molecular weight is 319 g/mol. The van der Waals surface area contributed by atoms with Crippen molar-refractivity contribution in [2.24, 2.45) is 0 Å². The summed E-state index contributed by atoms with van der Waals surface area (Å²) in [5, 5.41) is 17.4. The van der Waals surface area contributed by atoms with Crippen molar-refractivity contribution in [3.05, 3.63) is 32.2 Å². The fourth-order valence-electron chi connectivity index (χ4n) is 1.02. The van der Waals surface area contributed by atoms with Gasteiger partial charge in [0.05, 0.1) is 12.0 Å². The molecule has 0 aromatic heterocycles. The van der Waals surface area contributed by atoms with Crippen LogP contribution in [-0.4, -0.2) is 11.1 Å². The molecule has 14 heavy (non-hydrogen) atoms. The Morgan fingerprint density at radius 1 is 1.50 bits per heavy atom. The minimum absolute atomic E-state index is 0.102. The van der Waals surface area contributed by atoms with Crippen molar-refractivity contribution in [3.8, 4) is 6.07 Å². The number of halogens is 2. The lowest BCUT2D eigenvalue weighted by Crippen LogP contribution is -2.01. The quantitative estimate of drug-likeness (QED) is 0.912. The van der Waals surface area contributed by atoms with Crippen LogP contribution in [0.15, 0.2) is 21.1 Å². The van der Waals surface area contributed by atoms with Gasteiger partial charge in [0, 0.05) is 8.95 Å². The second kappa shape index (κ2) is 4.58. The van der Waals surface area contributed by atoms with Crippen LogP contribution >= 0.6 is 31.9 Å². The largest absolute Gasteiger partial charge is 0.481 e. The minimum Gasteiger partial charge on any atom is -0.481 e. The van der Waals surface area contributed by atoms with Gasteiger partial charge in [-0.25, -0.2) is 0 Å². The van der Waals surface area contributed by atoms with Gasteiger partial charge in [-0.1, -0.05) is 15.9 Å². The third-order valence-corrected chi connectivity index (χ3v) is 2.97. The van der Waals surface area contributed by atoms with E-state index in [0.29, 0.717) is 20.1 Å². The van der Waals surface area contributed by atoms with E-state index < -0.39 is 5.97 Å². The molecule has 0 radical (unpaired) electrons. The highest BCUT2D eigenvalue weighted by molar-refractivity contribution is 9.11. The first-order valence-electron chi connectivity index (χ1n) is 3.64. The summed E-state index contributed by atoms with van der Waals surface area (Å²) in [4.78, 5) is 10.5. The molecule has 1 rings (SSSR count). The van der Waals surface area contributed by atoms with Crippen molar-refractivity contribution >= 4 is 37.8 Å². The first-order valence-corrected chi connectivity index (χ1v) is 5.23. The summed E-state index contributed by atoms with van der Waals surface area (Å²) in [6.07, 6.45) is -0.102. The summed E-state index contributed by atoms with van der Waals surface area (Å²) in [6, 6.07) is 5.29. The molecular formula is C9H5Br2NO2. The fraction of sp³-hybridized carbons (Fsp3) is 0.111. The van der Waals surface area contributed by atoms with Gasteiger partial charge in [-0.2, -0.15) is 5.26 Å². The third kappa shape index (κ3) is 2.56. The van der Waals surface area contributed by atoms with E-state index in [4.69, 9.17) is 10.4 Å². The minimum atomic E-state index is -0.923. The third-order valence-electron chi connectivity index (χ3n) is 1.57. The van der Waals surface area contributed by atoms with Gasteiger partial charge < -0.3 is 5.11 Å². The van der Waals surface area contributed by atoms with Gasteiger partial charge in [-0.05, 0) is 33.6 Å². The fourth-order valence-corrected chi connectivity index (χ4v) is 1.98. The number of rotatable bonds is 2. The Morgan fingerprint density at radius 3 is 2.64 bits per heavy atom. The predicted molar refractivity (Wildman–Crippen MR) is 57.9 cm³/mol. The number of nitrogens with zero attached hydrogens (tertiary/aromatic N) is 1. The number of benzene rings is 1. The van der Waals surface area contributed by atoms with Crippen molar-refractivity contribution in [2.45, 2.75) is 6.42 Å². The molecule has 0 amide bonds. The molecule has 0 aliphatic heterocycles. The van der Waals surface area contributed by atoms with Crippen LogP contribution in [0.4, 0.5) is 0 Å². The van der Waals surface area contributed by atoms with Crippen LogP contribution in [0.25, 0.3) is 0 Å². The normalized spacial score (nSPS) is 9.50. The highest BCUT2D eigenvalue weighted by Crippen LogP contribution is 2.26. The molecule has 0 saturated heterocycles. The number of nitriles is 1. The molecule has 0 fully saturated rings. The lowest BCUT2D eigenvalue weighted by atomic mass is 10.1. The first-order chi connectivity index (χ1) is 6.54. The van der Waals surface area contributed by atoms with E-state index in [1.54, 1.807) is 12.1 Å². The van der Waals surface area contributed by atoms with Crippen molar-refractivity contribution < 1.29 is 9.90 Å². The molecule has 0 aliphatic rings. The molecule has 0 saturated carbocycles. The summed E-state index contributed by atoms with van der Waals surface area (Å²) in [5.41, 5.74) is 1.01. The molecular weight excluding hydrogens is 314 g/mol. The monoisotopic (exact) mass is 317 g/mol. The van der Waals surface area contributed by atoms with Crippen molar-refractivity contribution in [2.75, 3.05) is 0 Å². The van der Waals surface area contributed by atoms with E-state index in [0.717, 1.165) is 0 Å². The van der Waals surface area contributed by atoms with Gasteiger partial charge in [0.1, 0.15) is 6.07 Å². The lowest BCUT2D eigenvalue weighted by molar-refractivity contribution is -0.136. The number of carboxylic acid groups (broad SMARTS) is 1. The number of hydrogen-bond acceptors (Lipinski definition) is 2. The first kappa shape index (κ1) is 11.2. The molecule has 0 aliphatic carbocycles. The smallest absolute Gasteiger partial charge is 0.307 e. The van der Waals surface area contributed by atoms with Crippen LogP contribution in [0.2, 0.25) is 0 Å². The van der Waals surface area contributed by atoms with E-state index in [1.807, 2.05) is 6.07 Å². The summed E-state index contributed by atoms with van der Waals surface area (Å²) in [7, 11) is 0. The Balaban J connectivity index is 3.23. The summed E-state index contributed by atoms with van der Waals surface area (Å²) in [5.74, 6) is -0.923. The van der Waals surface area contributed by atoms with Gasteiger partial charge in [-0.3, -0.25) is 4.79 Å². The van der Waals surface area contributed by atoms with E-state index in [9.17, 15) is 4.79 Å². The average Bonchev–Trinajstić information content (AvgIpc) is 2.09. The van der Waals surface area contributed by atoms with Gasteiger partial charge in [0.2, 0.25) is 0 Å². The molecule has 72 valence electrons. The molecule has 0 unspecified atom stereocenters. The number of aliphatic carboxylic acids is 1. The zero-order chi connectivity index (χ0) is 10.7. The van der Waals surface area contributed by atoms with Gasteiger partial charge in [0.25, 0.3) is 0 Å². The van der Waals surface area contributed by atoms with Crippen LogP contribution in [0.5, 0.6) is 0 Å².